The van der Waals surface area contributed by atoms with Gasteiger partial charge in [-0.15, -0.1) is 0 Å². The van der Waals surface area contributed by atoms with Gasteiger partial charge in [-0.3, -0.25) is 9.48 Å². The number of hydrogen-bond acceptors (Lipinski definition) is 4. The summed E-state index contributed by atoms with van der Waals surface area (Å²) in [6, 6.07) is 8.22. The third-order valence-electron chi connectivity index (χ3n) is 5.83. The number of anilines is 1. The van der Waals surface area contributed by atoms with Crippen LogP contribution >= 0.6 is 11.6 Å². The number of aromatic nitrogens is 3. The molecule has 7 heteroatoms. The van der Waals surface area contributed by atoms with Crippen LogP contribution in [0, 0.1) is 0 Å². The number of pyridine rings is 1. The number of fused-ring (bicyclic) bond motifs is 1. The van der Waals surface area contributed by atoms with E-state index in [2.05, 4.69) is 23.2 Å². The summed E-state index contributed by atoms with van der Waals surface area (Å²) < 4.78 is 8.35. The predicted molar refractivity (Wildman–Crippen MR) is 116 cm³/mol. The molecule has 0 N–H and O–H groups in total. The quantitative estimate of drug-likeness (QED) is 0.563. The van der Waals surface area contributed by atoms with Gasteiger partial charge in [-0.1, -0.05) is 11.6 Å². The molecule has 5 rings (SSSR count). The molecule has 2 aliphatic rings. The lowest BCUT2D eigenvalue weighted by Crippen LogP contribution is -2.40. The highest BCUT2D eigenvalue weighted by Crippen LogP contribution is 2.45. The van der Waals surface area contributed by atoms with E-state index in [1.54, 1.807) is 25.3 Å². The molecule has 1 aromatic carbocycles. The monoisotopic (exact) mass is 422 g/mol. The van der Waals surface area contributed by atoms with Gasteiger partial charge in [0.25, 0.3) is 0 Å². The fourth-order valence-electron chi connectivity index (χ4n) is 4.17. The second-order valence-electron chi connectivity index (χ2n) is 8.07. The lowest BCUT2D eigenvalue weighted by atomic mass is 9.92. The maximum absolute atomic E-state index is 12.4. The Morgan fingerprint density at radius 3 is 2.70 bits per heavy atom. The molecule has 1 atom stereocenters. The van der Waals surface area contributed by atoms with Crippen LogP contribution in [0.15, 0.2) is 42.9 Å². The van der Waals surface area contributed by atoms with E-state index in [0.29, 0.717) is 16.9 Å². The van der Waals surface area contributed by atoms with Crippen molar-refractivity contribution in [2.45, 2.75) is 51.6 Å². The molecule has 1 amide bonds. The zero-order chi connectivity index (χ0) is 20.8. The molecule has 0 spiro atoms. The number of hydrogen-bond donors (Lipinski definition) is 0. The molecule has 0 radical (unpaired) electrons. The third-order valence-corrected chi connectivity index (χ3v) is 6.05. The highest BCUT2D eigenvalue weighted by molar-refractivity contribution is 6.30. The van der Waals surface area contributed by atoms with Gasteiger partial charge in [0, 0.05) is 48.1 Å². The van der Waals surface area contributed by atoms with E-state index >= 15 is 0 Å². The van der Waals surface area contributed by atoms with Gasteiger partial charge in [0.05, 0.1) is 22.9 Å². The van der Waals surface area contributed by atoms with Gasteiger partial charge in [-0.25, -0.2) is 4.98 Å². The topological polar surface area (TPSA) is 60.2 Å². The fourth-order valence-corrected chi connectivity index (χ4v) is 4.28. The summed E-state index contributed by atoms with van der Waals surface area (Å²) in [6.45, 7) is 3.69. The number of halogens is 1. The van der Waals surface area contributed by atoms with Crippen molar-refractivity contribution in [2.24, 2.45) is 0 Å². The molecule has 0 unspecified atom stereocenters. The van der Waals surface area contributed by atoms with E-state index in [4.69, 9.17) is 16.3 Å². The number of nitrogens with zero attached hydrogens (tertiary/aromatic N) is 4. The predicted octanol–water partition coefficient (Wildman–Crippen LogP) is 5.41. The van der Waals surface area contributed by atoms with Crippen molar-refractivity contribution in [3.05, 3.63) is 53.4 Å². The molecule has 6 nitrogen and oxygen atoms in total. The Hall–Kier alpha value is -2.86. The van der Waals surface area contributed by atoms with E-state index in [1.807, 2.05) is 27.9 Å². The summed E-state index contributed by atoms with van der Waals surface area (Å²) in [6.07, 6.45) is 9.59. The Morgan fingerprint density at radius 1 is 1.17 bits per heavy atom. The number of rotatable bonds is 4. The Bertz CT molecular complexity index is 1100. The molecule has 3 aromatic rings. The summed E-state index contributed by atoms with van der Waals surface area (Å²) in [5.74, 6) is 1.24. The summed E-state index contributed by atoms with van der Waals surface area (Å²) >= 11 is 5.99. The van der Waals surface area contributed by atoms with E-state index in [0.717, 1.165) is 41.0 Å². The van der Waals surface area contributed by atoms with Crippen LogP contribution in [0.3, 0.4) is 0 Å². The minimum Gasteiger partial charge on any atom is -0.438 e. The lowest BCUT2D eigenvalue weighted by molar-refractivity contribution is -0.117. The van der Waals surface area contributed by atoms with E-state index < -0.39 is 0 Å². The normalized spacial score (nSPS) is 18.2. The SMILES string of the molecule is CC(=O)N1c2ccc(-c3cnn(C4CC4)c3)c(Oc3ccc(Cl)cn3)c2CC[C@@H]1C. The molecule has 1 aliphatic carbocycles. The van der Waals surface area contributed by atoms with Gasteiger partial charge < -0.3 is 9.64 Å². The molecule has 0 bridgehead atoms. The summed E-state index contributed by atoms with van der Waals surface area (Å²) in [5, 5.41) is 5.10. The molecule has 30 heavy (non-hydrogen) atoms. The average molecular weight is 423 g/mol. The van der Waals surface area contributed by atoms with Crippen LogP contribution in [-0.2, 0) is 11.2 Å². The Kier molecular flexibility index (Phi) is 4.74. The first-order valence-corrected chi connectivity index (χ1v) is 10.7. The molecular formula is C23H23ClN4O2. The largest absolute Gasteiger partial charge is 0.438 e. The summed E-state index contributed by atoms with van der Waals surface area (Å²) in [5.41, 5.74) is 3.89. The first-order chi connectivity index (χ1) is 14.5. The van der Waals surface area contributed by atoms with Crippen molar-refractivity contribution < 1.29 is 9.53 Å². The van der Waals surface area contributed by atoms with Crippen molar-refractivity contribution in [2.75, 3.05) is 4.90 Å². The standard InChI is InChI=1S/C23H23ClN4O2/c1-14-3-7-20-21(28(14)15(2)29)9-8-19(16-11-26-27(13-16)18-5-6-18)23(20)30-22-10-4-17(24)12-25-22/h4,8-14,18H,3,5-7H2,1-2H3/t14-/m0/s1. The number of amides is 1. The van der Waals surface area contributed by atoms with Crippen LogP contribution in [0.1, 0.15) is 44.7 Å². The zero-order valence-corrected chi connectivity index (χ0v) is 17.8. The van der Waals surface area contributed by atoms with Gasteiger partial charge in [0.1, 0.15) is 5.75 Å². The zero-order valence-electron chi connectivity index (χ0n) is 17.0. The number of ether oxygens (including phenoxy) is 1. The minimum absolute atomic E-state index is 0.0355. The van der Waals surface area contributed by atoms with Crippen LogP contribution in [-0.4, -0.2) is 26.7 Å². The summed E-state index contributed by atoms with van der Waals surface area (Å²) in [4.78, 5) is 18.5. The molecule has 1 aliphatic heterocycles. The molecule has 154 valence electrons. The van der Waals surface area contributed by atoms with Crippen LogP contribution < -0.4 is 9.64 Å². The van der Waals surface area contributed by atoms with Crippen molar-refractivity contribution >= 4 is 23.2 Å². The van der Waals surface area contributed by atoms with Crippen LogP contribution in [0.25, 0.3) is 11.1 Å². The number of carbonyl (C=O) groups is 1. The first kappa shape index (κ1) is 19.1. The van der Waals surface area contributed by atoms with E-state index in [9.17, 15) is 4.79 Å². The van der Waals surface area contributed by atoms with Gasteiger partial charge in [0.2, 0.25) is 11.8 Å². The second kappa shape index (κ2) is 7.43. The molecule has 1 fully saturated rings. The highest BCUT2D eigenvalue weighted by atomic mass is 35.5. The fraction of sp³-hybridized carbons (Fsp3) is 0.348. The molecular weight excluding hydrogens is 400 g/mol. The van der Waals surface area contributed by atoms with Crippen LogP contribution in [0.2, 0.25) is 5.02 Å². The van der Waals surface area contributed by atoms with Gasteiger partial charge in [0.15, 0.2) is 0 Å². The van der Waals surface area contributed by atoms with Crippen LogP contribution in [0.4, 0.5) is 5.69 Å². The molecule has 2 aromatic heterocycles. The smallest absolute Gasteiger partial charge is 0.224 e. The lowest BCUT2D eigenvalue weighted by Gasteiger charge is -2.35. The van der Waals surface area contributed by atoms with Crippen LogP contribution in [0.5, 0.6) is 11.6 Å². The highest BCUT2D eigenvalue weighted by Gasteiger charge is 2.31. The Balaban J connectivity index is 1.64. The van der Waals surface area contributed by atoms with Gasteiger partial charge in [-0.05, 0) is 50.8 Å². The average Bonchev–Trinajstić information content (AvgIpc) is 3.46. The van der Waals surface area contributed by atoms with Crippen molar-refractivity contribution in [3.63, 3.8) is 0 Å². The van der Waals surface area contributed by atoms with Crippen molar-refractivity contribution in [1.82, 2.24) is 14.8 Å². The van der Waals surface area contributed by atoms with Gasteiger partial charge in [-0.2, -0.15) is 5.10 Å². The third kappa shape index (κ3) is 3.45. The van der Waals surface area contributed by atoms with E-state index in [-0.39, 0.29) is 11.9 Å². The van der Waals surface area contributed by atoms with Crippen molar-refractivity contribution in [3.8, 4) is 22.8 Å². The summed E-state index contributed by atoms with van der Waals surface area (Å²) in [7, 11) is 0. The van der Waals surface area contributed by atoms with Gasteiger partial charge >= 0.3 is 0 Å². The minimum atomic E-state index is 0.0355. The maximum Gasteiger partial charge on any atom is 0.224 e. The van der Waals surface area contributed by atoms with E-state index in [1.165, 1.54) is 12.8 Å². The first-order valence-electron chi connectivity index (χ1n) is 10.3. The second-order valence-corrected chi connectivity index (χ2v) is 8.51. The maximum atomic E-state index is 12.4. The Morgan fingerprint density at radius 2 is 2.00 bits per heavy atom. The molecule has 0 saturated heterocycles. The Labute approximate surface area is 180 Å². The van der Waals surface area contributed by atoms with Crippen molar-refractivity contribution in [1.29, 1.82) is 0 Å². The number of benzene rings is 1. The number of carbonyl (C=O) groups excluding carboxylic acids is 1. The molecule has 1 saturated carbocycles. The molecule has 3 heterocycles.